The first-order valence-corrected chi connectivity index (χ1v) is 10.0. The lowest BCUT2D eigenvalue weighted by Crippen LogP contribution is -2.19. The second-order valence-corrected chi connectivity index (χ2v) is 7.92. The second-order valence-electron chi connectivity index (χ2n) is 7.92. The average molecular weight is 431 g/mol. The van der Waals surface area contributed by atoms with Crippen LogP contribution in [0.2, 0.25) is 0 Å². The number of hydrogen-bond donors (Lipinski definition) is 3. The lowest BCUT2D eigenvalue weighted by molar-refractivity contribution is -0.140. The van der Waals surface area contributed by atoms with E-state index in [0.29, 0.717) is 35.1 Å². The maximum absolute atomic E-state index is 13.7. The van der Waals surface area contributed by atoms with Crippen LogP contribution in [-0.4, -0.2) is 22.3 Å². The smallest absolute Gasteiger partial charge is 0.409 e. The van der Waals surface area contributed by atoms with Crippen molar-refractivity contribution < 1.29 is 28.6 Å². The van der Waals surface area contributed by atoms with Gasteiger partial charge in [-0.25, -0.2) is 9.18 Å². The molecule has 0 spiro atoms. The first-order valence-electron chi connectivity index (χ1n) is 10.0. The van der Waals surface area contributed by atoms with E-state index in [0.717, 1.165) is 16.7 Å². The highest BCUT2D eigenvalue weighted by Gasteiger charge is 2.51. The fourth-order valence-corrected chi connectivity index (χ4v) is 4.05. The monoisotopic (exact) mass is 431 g/mol. The van der Waals surface area contributed by atoms with Gasteiger partial charge in [0.15, 0.2) is 5.76 Å². The highest BCUT2D eigenvalue weighted by molar-refractivity contribution is 6.04. The fraction of sp³-hybridized carbons (Fsp3) is 0.120. The van der Waals surface area contributed by atoms with Gasteiger partial charge in [-0.2, -0.15) is 0 Å². The molecule has 1 aliphatic rings. The predicted molar refractivity (Wildman–Crippen MR) is 117 cm³/mol. The summed E-state index contributed by atoms with van der Waals surface area (Å²) >= 11 is 0. The zero-order valence-electron chi connectivity index (χ0n) is 16.8. The number of aliphatic carboxylic acids is 1. The number of hydrogen-bond acceptors (Lipinski definition) is 3. The van der Waals surface area contributed by atoms with Gasteiger partial charge < -0.3 is 14.6 Å². The summed E-state index contributed by atoms with van der Waals surface area (Å²) in [5.74, 6) is -0.980. The van der Waals surface area contributed by atoms with Gasteiger partial charge in [-0.1, -0.05) is 48.5 Å². The molecule has 32 heavy (non-hydrogen) atoms. The Hall–Kier alpha value is -4.13. The first-order chi connectivity index (χ1) is 15.4. The predicted octanol–water partition coefficient (Wildman–Crippen LogP) is 6.11. The van der Waals surface area contributed by atoms with Crippen molar-refractivity contribution in [3.8, 4) is 22.5 Å². The van der Waals surface area contributed by atoms with Gasteiger partial charge in [0.2, 0.25) is 0 Å². The van der Waals surface area contributed by atoms with Gasteiger partial charge in [0.25, 0.3) is 0 Å². The van der Waals surface area contributed by atoms with E-state index in [4.69, 9.17) is 4.42 Å². The summed E-state index contributed by atoms with van der Waals surface area (Å²) < 4.78 is 19.5. The minimum atomic E-state index is -1.27. The molecule has 3 aromatic carbocycles. The van der Waals surface area contributed by atoms with E-state index in [9.17, 15) is 24.2 Å². The molecule has 0 radical (unpaired) electrons. The number of carbonyl (C=O) groups is 2. The highest BCUT2D eigenvalue weighted by atomic mass is 19.1. The third-order valence-electron chi connectivity index (χ3n) is 5.96. The van der Waals surface area contributed by atoms with Crippen molar-refractivity contribution in [1.29, 1.82) is 0 Å². The van der Waals surface area contributed by atoms with Crippen LogP contribution >= 0.6 is 0 Å². The summed E-state index contributed by atoms with van der Waals surface area (Å²) in [6.45, 7) is 0. The SMILES string of the molecule is O=C(O)Nc1c(-c2ccc(-c3ccc(C4(C(=O)O)CC4)cc3)cc2)oc2ccc(F)cc12. The third-order valence-corrected chi connectivity index (χ3v) is 5.96. The van der Waals surface area contributed by atoms with Gasteiger partial charge >= 0.3 is 12.1 Å². The largest absolute Gasteiger partial charge is 0.481 e. The Bertz CT molecular complexity index is 1350. The van der Waals surface area contributed by atoms with Crippen molar-refractivity contribution in [2.75, 3.05) is 5.32 Å². The Kier molecular flexibility index (Phi) is 4.48. The number of rotatable bonds is 5. The molecule has 160 valence electrons. The normalized spacial score (nSPS) is 14.3. The zero-order valence-corrected chi connectivity index (χ0v) is 16.8. The van der Waals surface area contributed by atoms with Gasteiger partial charge in [0.05, 0.1) is 11.1 Å². The molecular weight excluding hydrogens is 413 g/mol. The molecule has 3 N–H and O–H groups in total. The summed E-state index contributed by atoms with van der Waals surface area (Å²) in [6, 6.07) is 18.8. The molecule has 0 bridgehead atoms. The van der Waals surface area contributed by atoms with Crippen LogP contribution < -0.4 is 5.32 Å². The van der Waals surface area contributed by atoms with Gasteiger partial charge in [0, 0.05) is 10.9 Å². The van der Waals surface area contributed by atoms with Crippen LogP contribution in [0.4, 0.5) is 14.9 Å². The highest BCUT2D eigenvalue weighted by Crippen LogP contribution is 2.48. The molecule has 1 heterocycles. The van der Waals surface area contributed by atoms with Gasteiger partial charge in [-0.3, -0.25) is 10.1 Å². The van der Waals surface area contributed by atoms with Crippen LogP contribution in [0.15, 0.2) is 71.1 Å². The van der Waals surface area contributed by atoms with Crippen LogP contribution in [0.3, 0.4) is 0 Å². The van der Waals surface area contributed by atoms with Crippen LogP contribution in [0.25, 0.3) is 33.4 Å². The van der Waals surface area contributed by atoms with E-state index in [1.807, 2.05) is 36.4 Å². The standard InChI is InChI=1S/C25H18FNO5/c26-18-9-10-20-19(13-18)21(27-24(30)31)22(32-20)16-3-1-14(2-4-16)15-5-7-17(8-6-15)25(11-12-25)23(28)29/h1-10,13,27H,11-12H2,(H,28,29)(H,30,31). The molecule has 1 amide bonds. The third kappa shape index (κ3) is 3.28. The lowest BCUT2D eigenvalue weighted by atomic mass is 9.93. The Morgan fingerprint density at radius 3 is 2.03 bits per heavy atom. The molecule has 4 aromatic rings. The summed E-state index contributed by atoms with van der Waals surface area (Å²) in [7, 11) is 0. The summed E-state index contributed by atoms with van der Waals surface area (Å²) in [4.78, 5) is 22.8. The average Bonchev–Trinajstić information content (AvgIpc) is 3.53. The zero-order chi connectivity index (χ0) is 22.5. The number of anilines is 1. The van der Waals surface area contributed by atoms with Crippen molar-refractivity contribution >= 4 is 28.7 Å². The van der Waals surface area contributed by atoms with E-state index in [2.05, 4.69) is 5.32 Å². The van der Waals surface area contributed by atoms with E-state index < -0.39 is 23.3 Å². The van der Waals surface area contributed by atoms with Crippen LogP contribution in [0.1, 0.15) is 18.4 Å². The summed E-state index contributed by atoms with van der Waals surface area (Å²) in [5, 5.41) is 21.3. The molecule has 1 aromatic heterocycles. The molecule has 6 nitrogen and oxygen atoms in total. The molecular formula is C25H18FNO5. The number of benzene rings is 3. The van der Waals surface area contributed by atoms with Crippen LogP contribution in [0.5, 0.6) is 0 Å². The van der Waals surface area contributed by atoms with Crippen molar-refractivity contribution in [3.63, 3.8) is 0 Å². The lowest BCUT2D eigenvalue weighted by Gasteiger charge is -2.11. The topological polar surface area (TPSA) is 99.8 Å². The minimum Gasteiger partial charge on any atom is -0.481 e. The Morgan fingerprint density at radius 2 is 1.47 bits per heavy atom. The molecule has 1 aliphatic carbocycles. The summed E-state index contributed by atoms with van der Waals surface area (Å²) in [5.41, 5.74) is 3.10. The Morgan fingerprint density at radius 1 is 0.875 bits per heavy atom. The van der Waals surface area contributed by atoms with Crippen molar-refractivity contribution in [2.24, 2.45) is 0 Å². The quantitative estimate of drug-likeness (QED) is 0.354. The minimum absolute atomic E-state index is 0.188. The van der Waals surface area contributed by atoms with E-state index in [-0.39, 0.29) is 5.69 Å². The first kappa shape index (κ1) is 19.8. The van der Waals surface area contributed by atoms with E-state index in [1.54, 1.807) is 12.1 Å². The van der Waals surface area contributed by atoms with Crippen molar-refractivity contribution in [3.05, 3.63) is 78.1 Å². The molecule has 1 fully saturated rings. The van der Waals surface area contributed by atoms with Gasteiger partial charge in [0.1, 0.15) is 11.4 Å². The number of amides is 1. The molecule has 7 heteroatoms. The number of halogens is 1. The number of carboxylic acid groups (broad SMARTS) is 2. The Balaban J connectivity index is 1.48. The van der Waals surface area contributed by atoms with Crippen molar-refractivity contribution in [1.82, 2.24) is 0 Å². The number of fused-ring (bicyclic) bond motifs is 1. The molecule has 0 unspecified atom stereocenters. The van der Waals surface area contributed by atoms with E-state index in [1.165, 1.54) is 18.2 Å². The number of carboxylic acids is 1. The van der Waals surface area contributed by atoms with E-state index >= 15 is 0 Å². The van der Waals surface area contributed by atoms with Crippen LogP contribution in [-0.2, 0) is 10.2 Å². The molecule has 5 rings (SSSR count). The van der Waals surface area contributed by atoms with Gasteiger partial charge in [-0.15, -0.1) is 0 Å². The maximum Gasteiger partial charge on any atom is 0.409 e. The Labute approximate surface area is 181 Å². The number of furan rings is 1. The fourth-order valence-electron chi connectivity index (χ4n) is 4.05. The molecule has 0 aliphatic heterocycles. The van der Waals surface area contributed by atoms with Crippen LogP contribution in [0, 0.1) is 5.82 Å². The van der Waals surface area contributed by atoms with Crippen molar-refractivity contribution in [2.45, 2.75) is 18.3 Å². The molecule has 1 saturated carbocycles. The number of nitrogens with one attached hydrogen (secondary N) is 1. The second kappa shape index (κ2) is 7.23. The molecule has 0 atom stereocenters. The molecule has 0 saturated heterocycles. The maximum atomic E-state index is 13.7. The summed E-state index contributed by atoms with van der Waals surface area (Å²) in [6.07, 6.45) is 0.0411. The van der Waals surface area contributed by atoms with Gasteiger partial charge in [-0.05, 0) is 47.7 Å².